The van der Waals surface area contributed by atoms with Crippen LogP contribution in [0.5, 0.6) is 0 Å². The van der Waals surface area contributed by atoms with E-state index in [0.29, 0.717) is 23.7 Å². The molecular weight excluding hydrogens is 216 g/mol. The SMILES string of the molecule is CO[C@H](O[C@H](C)[C@H](C)O)[C@@H]1[C@@H](C)[C@@H]2C=C[C@H]1C2. The highest BCUT2D eigenvalue weighted by Gasteiger charge is 2.46. The minimum atomic E-state index is -0.461. The van der Waals surface area contributed by atoms with Gasteiger partial charge < -0.3 is 14.6 Å². The average molecular weight is 240 g/mol. The molecule has 0 radical (unpaired) electrons. The van der Waals surface area contributed by atoms with Crippen molar-refractivity contribution in [1.29, 1.82) is 0 Å². The maximum Gasteiger partial charge on any atom is 0.161 e. The van der Waals surface area contributed by atoms with Crippen molar-refractivity contribution in [3.05, 3.63) is 12.2 Å². The smallest absolute Gasteiger partial charge is 0.161 e. The van der Waals surface area contributed by atoms with Crippen LogP contribution in [-0.2, 0) is 9.47 Å². The molecule has 17 heavy (non-hydrogen) atoms. The summed E-state index contributed by atoms with van der Waals surface area (Å²) in [5.74, 6) is 2.31. The molecule has 7 atom stereocenters. The zero-order chi connectivity index (χ0) is 12.6. The molecule has 1 saturated carbocycles. The Morgan fingerprint density at radius 3 is 2.35 bits per heavy atom. The third kappa shape index (κ3) is 2.42. The highest BCUT2D eigenvalue weighted by Crippen LogP contribution is 2.49. The molecule has 2 aliphatic carbocycles. The van der Waals surface area contributed by atoms with Crippen LogP contribution in [0.3, 0.4) is 0 Å². The van der Waals surface area contributed by atoms with Gasteiger partial charge in [-0.15, -0.1) is 0 Å². The first-order valence-electron chi connectivity index (χ1n) is 6.59. The Balaban J connectivity index is 2.01. The number of ether oxygens (including phenoxy) is 2. The Bertz CT molecular complexity index is 287. The summed E-state index contributed by atoms with van der Waals surface area (Å²) < 4.78 is 11.4. The second kappa shape index (κ2) is 5.09. The van der Waals surface area contributed by atoms with E-state index in [-0.39, 0.29) is 12.4 Å². The van der Waals surface area contributed by atoms with Crippen LogP contribution >= 0.6 is 0 Å². The predicted molar refractivity (Wildman–Crippen MR) is 66.4 cm³/mol. The molecule has 0 aliphatic heterocycles. The van der Waals surface area contributed by atoms with Crippen molar-refractivity contribution in [3.63, 3.8) is 0 Å². The zero-order valence-corrected chi connectivity index (χ0v) is 11.2. The number of fused-ring (bicyclic) bond motifs is 2. The molecule has 0 aromatic rings. The van der Waals surface area contributed by atoms with E-state index in [1.54, 1.807) is 14.0 Å². The number of allylic oxidation sites excluding steroid dienone is 2. The van der Waals surface area contributed by atoms with Crippen molar-refractivity contribution < 1.29 is 14.6 Å². The van der Waals surface area contributed by atoms with Gasteiger partial charge in [-0.1, -0.05) is 19.1 Å². The topological polar surface area (TPSA) is 38.7 Å². The van der Waals surface area contributed by atoms with E-state index in [4.69, 9.17) is 9.47 Å². The molecule has 2 bridgehead atoms. The fourth-order valence-corrected chi connectivity index (χ4v) is 3.19. The van der Waals surface area contributed by atoms with E-state index in [9.17, 15) is 5.11 Å². The molecular formula is C14H24O3. The van der Waals surface area contributed by atoms with Gasteiger partial charge in [-0.2, -0.15) is 0 Å². The van der Waals surface area contributed by atoms with E-state index in [1.165, 1.54) is 6.42 Å². The standard InChI is InChI=1S/C14H24O3/c1-8-11-5-6-12(7-11)13(8)14(16-4)17-10(3)9(2)15/h5-6,8-15H,7H2,1-4H3/t8-,9-,10+,11+,12-,13+,14+/m0/s1. The van der Waals surface area contributed by atoms with E-state index >= 15 is 0 Å². The first kappa shape index (κ1) is 13.1. The third-order valence-corrected chi connectivity index (χ3v) is 4.50. The number of aliphatic hydroxyl groups is 1. The van der Waals surface area contributed by atoms with Crippen molar-refractivity contribution >= 4 is 0 Å². The lowest BCUT2D eigenvalue weighted by Gasteiger charge is -2.34. The molecule has 0 aromatic carbocycles. The summed E-state index contributed by atoms with van der Waals surface area (Å²) >= 11 is 0. The Labute approximate surface area is 104 Å². The molecule has 3 nitrogen and oxygen atoms in total. The first-order chi connectivity index (χ1) is 8.04. The van der Waals surface area contributed by atoms with E-state index < -0.39 is 6.10 Å². The normalized spacial score (nSPS) is 40.5. The monoisotopic (exact) mass is 240 g/mol. The van der Waals surface area contributed by atoms with Crippen LogP contribution in [0.15, 0.2) is 12.2 Å². The van der Waals surface area contributed by atoms with Crippen LogP contribution < -0.4 is 0 Å². The summed E-state index contributed by atoms with van der Waals surface area (Å²) in [4.78, 5) is 0. The van der Waals surface area contributed by atoms with Crippen LogP contribution in [0.1, 0.15) is 27.2 Å². The highest BCUT2D eigenvalue weighted by molar-refractivity contribution is 5.13. The Kier molecular flexibility index (Phi) is 3.91. The van der Waals surface area contributed by atoms with E-state index in [0.717, 1.165) is 0 Å². The molecule has 0 amide bonds. The molecule has 0 spiro atoms. The molecule has 2 rings (SSSR count). The number of hydrogen-bond acceptors (Lipinski definition) is 3. The Morgan fingerprint density at radius 1 is 1.24 bits per heavy atom. The summed E-state index contributed by atoms with van der Waals surface area (Å²) in [7, 11) is 1.70. The maximum atomic E-state index is 9.51. The van der Waals surface area contributed by atoms with Gasteiger partial charge >= 0.3 is 0 Å². The van der Waals surface area contributed by atoms with E-state index in [1.807, 2.05) is 6.92 Å². The Hall–Kier alpha value is -0.380. The number of methoxy groups -OCH3 is 1. The fraction of sp³-hybridized carbons (Fsp3) is 0.857. The van der Waals surface area contributed by atoms with Crippen LogP contribution in [0.2, 0.25) is 0 Å². The van der Waals surface area contributed by atoms with E-state index in [2.05, 4.69) is 19.1 Å². The zero-order valence-electron chi connectivity index (χ0n) is 11.2. The second-order valence-corrected chi connectivity index (χ2v) is 5.57. The number of rotatable bonds is 5. The number of hydrogen-bond donors (Lipinski definition) is 1. The lowest BCUT2D eigenvalue weighted by Crippen LogP contribution is -2.38. The minimum absolute atomic E-state index is 0.185. The quantitative estimate of drug-likeness (QED) is 0.591. The molecule has 0 unspecified atom stereocenters. The van der Waals surface area contributed by atoms with Gasteiger partial charge in [0.25, 0.3) is 0 Å². The maximum absolute atomic E-state index is 9.51. The van der Waals surface area contributed by atoms with Crippen molar-refractivity contribution in [2.45, 2.75) is 45.7 Å². The largest absolute Gasteiger partial charge is 0.391 e. The predicted octanol–water partition coefficient (Wildman–Crippen LogP) is 2.20. The van der Waals surface area contributed by atoms with Crippen molar-refractivity contribution in [1.82, 2.24) is 0 Å². The van der Waals surface area contributed by atoms with Crippen LogP contribution in [-0.4, -0.2) is 30.7 Å². The van der Waals surface area contributed by atoms with Crippen LogP contribution in [0.4, 0.5) is 0 Å². The van der Waals surface area contributed by atoms with Gasteiger partial charge in [-0.3, -0.25) is 0 Å². The molecule has 2 aliphatic rings. The third-order valence-electron chi connectivity index (χ3n) is 4.50. The van der Waals surface area contributed by atoms with Crippen LogP contribution in [0.25, 0.3) is 0 Å². The summed E-state index contributed by atoms with van der Waals surface area (Å²) in [6, 6.07) is 0. The molecule has 98 valence electrons. The lowest BCUT2D eigenvalue weighted by atomic mass is 9.84. The Morgan fingerprint density at radius 2 is 1.88 bits per heavy atom. The van der Waals surface area contributed by atoms with Crippen molar-refractivity contribution in [2.75, 3.05) is 7.11 Å². The van der Waals surface area contributed by atoms with Gasteiger partial charge in [0.2, 0.25) is 0 Å². The fourth-order valence-electron chi connectivity index (χ4n) is 3.19. The summed E-state index contributed by atoms with van der Waals surface area (Å²) in [5, 5.41) is 9.51. The molecule has 0 heterocycles. The molecule has 0 aromatic heterocycles. The summed E-state index contributed by atoms with van der Waals surface area (Å²) in [5.41, 5.74) is 0. The van der Waals surface area contributed by atoms with Gasteiger partial charge in [0.1, 0.15) is 0 Å². The van der Waals surface area contributed by atoms with Gasteiger partial charge in [0, 0.05) is 13.0 Å². The van der Waals surface area contributed by atoms with Crippen molar-refractivity contribution in [3.8, 4) is 0 Å². The summed E-state index contributed by atoms with van der Waals surface area (Å²) in [6.07, 6.45) is 5.02. The molecule has 0 saturated heterocycles. The molecule has 1 fully saturated rings. The van der Waals surface area contributed by atoms with Gasteiger partial charge in [0.15, 0.2) is 6.29 Å². The van der Waals surface area contributed by atoms with Crippen molar-refractivity contribution in [2.24, 2.45) is 23.7 Å². The second-order valence-electron chi connectivity index (χ2n) is 5.57. The van der Waals surface area contributed by atoms with Gasteiger partial charge in [-0.05, 0) is 38.0 Å². The van der Waals surface area contributed by atoms with Gasteiger partial charge in [0.05, 0.1) is 12.2 Å². The van der Waals surface area contributed by atoms with Crippen LogP contribution in [0, 0.1) is 23.7 Å². The van der Waals surface area contributed by atoms with Gasteiger partial charge in [-0.25, -0.2) is 0 Å². The first-order valence-corrected chi connectivity index (χ1v) is 6.59. The summed E-state index contributed by atoms with van der Waals surface area (Å²) in [6.45, 7) is 5.92. The highest BCUT2D eigenvalue weighted by atomic mass is 16.7. The molecule has 1 N–H and O–H groups in total. The average Bonchev–Trinajstić information content (AvgIpc) is 2.86. The number of aliphatic hydroxyl groups excluding tert-OH is 1. The lowest BCUT2D eigenvalue weighted by molar-refractivity contribution is -0.207. The minimum Gasteiger partial charge on any atom is -0.391 e. The molecule has 3 heteroatoms.